The van der Waals surface area contributed by atoms with Crippen molar-refractivity contribution in [2.45, 2.75) is 85.1 Å². The van der Waals surface area contributed by atoms with E-state index in [0.29, 0.717) is 30.2 Å². The van der Waals surface area contributed by atoms with Gasteiger partial charge in [0.1, 0.15) is 29.7 Å². The van der Waals surface area contributed by atoms with Crippen LogP contribution in [0.1, 0.15) is 66.6 Å². The third-order valence-electron chi connectivity index (χ3n) is 7.10. The summed E-state index contributed by atoms with van der Waals surface area (Å²) in [5.41, 5.74) is 7.71. The molecule has 0 saturated carbocycles. The molecule has 0 fully saturated rings. The Morgan fingerprint density at radius 3 is 2.59 bits per heavy atom. The number of carbonyl (C=O) groups excluding carboxylic acids is 1. The molecule has 0 radical (unpaired) electrons. The van der Waals surface area contributed by atoms with Crippen molar-refractivity contribution in [2.75, 3.05) is 18.9 Å². The first kappa shape index (κ1) is 33.3. The number of nitrogens with zero attached hydrogens (tertiary/aromatic N) is 4. The van der Waals surface area contributed by atoms with E-state index in [1.54, 1.807) is 39.1 Å². The van der Waals surface area contributed by atoms with Crippen molar-refractivity contribution in [3.63, 3.8) is 0 Å². The van der Waals surface area contributed by atoms with Gasteiger partial charge < -0.3 is 24.3 Å². The van der Waals surface area contributed by atoms with Crippen LogP contribution < -0.4 is 15.3 Å². The summed E-state index contributed by atoms with van der Waals surface area (Å²) < 4.78 is 39.8. The van der Waals surface area contributed by atoms with Gasteiger partial charge >= 0.3 is 13.7 Å². The van der Waals surface area contributed by atoms with Crippen molar-refractivity contribution in [1.29, 1.82) is 0 Å². The van der Waals surface area contributed by atoms with Gasteiger partial charge in [-0.3, -0.25) is 14.3 Å². The van der Waals surface area contributed by atoms with Gasteiger partial charge in [-0.1, -0.05) is 38.0 Å². The highest BCUT2D eigenvalue weighted by Gasteiger charge is 2.39. The van der Waals surface area contributed by atoms with E-state index in [1.807, 2.05) is 38.1 Å². The van der Waals surface area contributed by atoms with E-state index < -0.39 is 25.3 Å². The minimum atomic E-state index is -4.17. The van der Waals surface area contributed by atoms with Crippen LogP contribution in [0.3, 0.4) is 0 Å². The van der Waals surface area contributed by atoms with Crippen LogP contribution >= 0.6 is 7.75 Å². The molecule has 4 rings (SSSR count). The van der Waals surface area contributed by atoms with Crippen LogP contribution in [0.5, 0.6) is 5.75 Å². The number of pyridine rings is 2. The molecule has 238 valence electrons. The van der Waals surface area contributed by atoms with Gasteiger partial charge in [-0.05, 0) is 59.2 Å². The average Bonchev–Trinajstić information content (AvgIpc) is 3.39. The predicted molar refractivity (Wildman–Crippen MR) is 170 cm³/mol. The number of unbranched alkanes of at least 4 members (excludes halogenated alkanes) is 1. The van der Waals surface area contributed by atoms with E-state index in [2.05, 4.69) is 26.5 Å². The Balaban J connectivity index is 1.81. The van der Waals surface area contributed by atoms with Crippen molar-refractivity contribution in [3.05, 3.63) is 54.6 Å². The summed E-state index contributed by atoms with van der Waals surface area (Å²) in [6, 6.07) is 10.0. The molecular weight excluding hydrogens is 583 g/mol. The van der Waals surface area contributed by atoms with Gasteiger partial charge in [0.2, 0.25) is 0 Å². The predicted octanol–water partition coefficient (Wildman–Crippen LogP) is 6.14. The Morgan fingerprint density at radius 2 is 1.91 bits per heavy atom. The van der Waals surface area contributed by atoms with Crippen molar-refractivity contribution in [3.8, 4) is 5.75 Å². The first-order chi connectivity index (χ1) is 21.0. The van der Waals surface area contributed by atoms with Gasteiger partial charge in [0.05, 0.1) is 35.5 Å². The van der Waals surface area contributed by atoms with E-state index in [0.717, 1.165) is 29.3 Å². The molecule has 44 heavy (non-hydrogen) atoms. The second kappa shape index (κ2) is 14.5. The highest BCUT2D eigenvalue weighted by atomic mass is 31.2. The zero-order valence-corrected chi connectivity index (χ0v) is 27.2. The number of hydrogen-bond acceptors (Lipinski definition) is 10. The zero-order chi connectivity index (χ0) is 31.9. The fraction of sp³-hybridized carbons (Fsp3) is 0.484. The number of carbonyl (C=O) groups is 1. The fourth-order valence-electron chi connectivity index (χ4n) is 5.00. The Hall–Kier alpha value is -3.57. The van der Waals surface area contributed by atoms with Gasteiger partial charge in [0, 0.05) is 18.2 Å². The van der Waals surface area contributed by atoms with Crippen LogP contribution in [0.4, 0.5) is 5.82 Å². The number of anilines is 1. The molecule has 3 N–H and O–H groups in total. The topological polar surface area (TPSA) is 153 Å². The van der Waals surface area contributed by atoms with Crippen molar-refractivity contribution >= 4 is 41.5 Å². The smallest absolute Gasteiger partial charge is 0.459 e. The number of esters is 1. The maximum atomic E-state index is 14.4. The molecule has 13 heteroatoms. The molecular formula is C31H43N6O6P. The van der Waals surface area contributed by atoms with Crippen LogP contribution in [0, 0.1) is 0 Å². The average molecular weight is 627 g/mol. The molecule has 0 aliphatic heterocycles. The largest absolute Gasteiger partial charge is 0.462 e. The number of ether oxygens (including phenoxy) is 2. The number of rotatable bonds is 16. The molecule has 3 heterocycles. The lowest BCUT2D eigenvalue weighted by Gasteiger charge is -2.35. The SMILES string of the molecule is CCCCC(C)(COP(=O)(N[C@@H](C)C(=O)OC(C)C)Oc1cccnc1)n1c(COCC)nc2c(N)nc3ccccc3c21. The molecule has 0 spiro atoms. The Labute approximate surface area is 258 Å². The van der Waals surface area contributed by atoms with Gasteiger partial charge in [-0.15, -0.1) is 0 Å². The fourth-order valence-corrected chi connectivity index (χ4v) is 6.60. The summed E-state index contributed by atoms with van der Waals surface area (Å²) in [6.45, 7) is 11.7. The normalized spacial score (nSPS) is 15.2. The minimum Gasteiger partial charge on any atom is -0.462 e. The van der Waals surface area contributed by atoms with Crippen molar-refractivity contribution in [2.24, 2.45) is 0 Å². The number of benzene rings is 1. The molecule has 2 unspecified atom stereocenters. The highest BCUT2D eigenvalue weighted by Crippen LogP contribution is 2.47. The molecule has 3 aromatic heterocycles. The van der Waals surface area contributed by atoms with Crippen LogP contribution in [0.15, 0.2) is 48.8 Å². The number of aromatic nitrogens is 4. The molecule has 0 saturated heterocycles. The third kappa shape index (κ3) is 7.74. The van der Waals surface area contributed by atoms with Crippen molar-refractivity contribution in [1.82, 2.24) is 24.6 Å². The maximum Gasteiger partial charge on any atom is 0.459 e. The second-order valence-electron chi connectivity index (χ2n) is 11.2. The summed E-state index contributed by atoms with van der Waals surface area (Å²) in [4.78, 5) is 26.2. The molecule has 0 aliphatic rings. The van der Waals surface area contributed by atoms with Gasteiger partial charge in [0.15, 0.2) is 5.82 Å². The van der Waals surface area contributed by atoms with E-state index in [1.165, 1.54) is 6.20 Å². The molecule has 3 atom stereocenters. The highest BCUT2D eigenvalue weighted by molar-refractivity contribution is 7.52. The standard InChI is InChI=1S/C31H43N6O6P/c1-7-9-16-31(6,20-41-44(39,43-23-13-12-17-33-18-23)36-22(5)30(38)42-21(3)4)37-26(19-40-8-2)35-27-28(37)24-14-10-11-15-25(24)34-29(27)32/h10-15,17-18,21-22H,7-9,16,19-20H2,1-6H3,(H2,32,34)(H,36,39)/t22-,31?,44?/m0/s1. The van der Waals surface area contributed by atoms with E-state index in [4.69, 9.17) is 29.2 Å². The third-order valence-corrected chi connectivity index (χ3v) is 8.72. The summed E-state index contributed by atoms with van der Waals surface area (Å²) in [7, 11) is -4.17. The van der Waals surface area contributed by atoms with E-state index in [9.17, 15) is 9.36 Å². The number of nitrogens with one attached hydrogen (secondary N) is 1. The van der Waals surface area contributed by atoms with E-state index in [-0.39, 0.29) is 25.1 Å². The zero-order valence-electron chi connectivity index (χ0n) is 26.3. The lowest BCUT2D eigenvalue weighted by Crippen LogP contribution is -2.40. The van der Waals surface area contributed by atoms with Crippen molar-refractivity contribution < 1.29 is 27.9 Å². The monoisotopic (exact) mass is 626 g/mol. The number of para-hydroxylation sites is 1. The molecule has 4 aromatic rings. The molecule has 12 nitrogen and oxygen atoms in total. The summed E-state index contributed by atoms with van der Waals surface area (Å²) in [5, 5.41) is 3.64. The van der Waals surface area contributed by atoms with Gasteiger partial charge in [0.25, 0.3) is 0 Å². The number of fused-ring (bicyclic) bond motifs is 3. The minimum absolute atomic E-state index is 0.0649. The summed E-state index contributed by atoms with van der Waals surface area (Å²) >= 11 is 0. The van der Waals surface area contributed by atoms with Crippen LogP contribution in [0.25, 0.3) is 21.9 Å². The second-order valence-corrected chi connectivity index (χ2v) is 12.9. The number of imidazole rings is 1. The number of nitrogen functional groups attached to an aromatic ring is 1. The Kier molecular flexibility index (Phi) is 11.0. The summed E-state index contributed by atoms with van der Waals surface area (Å²) in [6.07, 6.45) is 5.04. The van der Waals surface area contributed by atoms with E-state index >= 15 is 0 Å². The van der Waals surface area contributed by atoms with Gasteiger partial charge in [-0.2, -0.15) is 5.09 Å². The molecule has 0 amide bonds. The number of hydrogen-bond donors (Lipinski definition) is 2. The lowest BCUT2D eigenvalue weighted by atomic mass is 9.94. The number of nitrogens with two attached hydrogens (primary N) is 1. The van der Waals surface area contributed by atoms with Crippen LogP contribution in [0.2, 0.25) is 0 Å². The molecule has 0 bridgehead atoms. The molecule has 1 aromatic carbocycles. The Bertz CT molecular complexity index is 1610. The molecule has 0 aliphatic carbocycles. The first-order valence-corrected chi connectivity index (χ1v) is 16.5. The van der Waals surface area contributed by atoms with Gasteiger partial charge in [-0.25, -0.2) is 14.5 Å². The van der Waals surface area contributed by atoms with Crippen LogP contribution in [-0.4, -0.2) is 50.8 Å². The van der Waals surface area contributed by atoms with Crippen LogP contribution in [-0.2, 0) is 35.5 Å². The summed E-state index contributed by atoms with van der Waals surface area (Å²) in [5.74, 6) is 0.580. The Morgan fingerprint density at radius 1 is 1.14 bits per heavy atom. The first-order valence-electron chi connectivity index (χ1n) is 15.0. The quantitative estimate of drug-likeness (QED) is 0.109. The maximum absolute atomic E-state index is 14.4. The lowest BCUT2D eigenvalue weighted by molar-refractivity contribution is -0.149.